The molecular weight excluding hydrogens is 332 g/mol. The molecule has 110 valence electrons. The Bertz CT molecular complexity index is 652. The molecule has 0 aliphatic heterocycles. The highest BCUT2D eigenvalue weighted by atomic mass is 79.9. The van der Waals surface area contributed by atoms with Gasteiger partial charge in [-0.2, -0.15) is 0 Å². The number of anilines is 2. The van der Waals surface area contributed by atoms with Crippen molar-refractivity contribution in [1.82, 2.24) is 15.3 Å². The number of nitrogens with one attached hydrogen (secondary N) is 2. The molecule has 6 heteroatoms. The summed E-state index contributed by atoms with van der Waals surface area (Å²) in [6, 6.07) is 9.23. The van der Waals surface area contributed by atoms with E-state index in [0.717, 1.165) is 10.2 Å². The normalized spacial score (nSPS) is 11.0. The molecule has 0 fully saturated rings. The highest BCUT2D eigenvalue weighted by molar-refractivity contribution is 9.10. The molecule has 2 N–H and O–H groups in total. The molecule has 0 atom stereocenters. The van der Waals surface area contributed by atoms with Gasteiger partial charge < -0.3 is 10.6 Å². The molecule has 2 aromatic rings. The average molecular weight is 349 g/mol. The van der Waals surface area contributed by atoms with Crippen LogP contribution in [0.4, 0.5) is 11.6 Å². The first kappa shape index (κ1) is 15.4. The van der Waals surface area contributed by atoms with Gasteiger partial charge in [0, 0.05) is 16.2 Å². The van der Waals surface area contributed by atoms with Gasteiger partial charge in [0.25, 0.3) is 5.91 Å². The molecule has 0 saturated carbocycles. The Morgan fingerprint density at radius 1 is 1.19 bits per heavy atom. The van der Waals surface area contributed by atoms with Gasteiger partial charge in [0.05, 0.1) is 5.69 Å². The minimum Gasteiger partial charge on any atom is -0.346 e. The molecule has 1 aromatic carbocycles. The Kier molecular flexibility index (Phi) is 4.57. The predicted octanol–water partition coefficient (Wildman–Crippen LogP) is 3.51. The number of hydrogen-bond donors (Lipinski definition) is 2. The zero-order chi connectivity index (χ0) is 15.5. The van der Waals surface area contributed by atoms with Crippen LogP contribution < -0.4 is 10.6 Å². The monoisotopic (exact) mass is 348 g/mol. The second kappa shape index (κ2) is 6.22. The molecular formula is C15H17BrN4O. The van der Waals surface area contributed by atoms with Gasteiger partial charge in [-0.05, 0) is 54.9 Å². The van der Waals surface area contributed by atoms with Gasteiger partial charge in [0.15, 0.2) is 0 Å². The lowest BCUT2D eigenvalue weighted by molar-refractivity contribution is 0.0914. The minimum absolute atomic E-state index is 0.222. The fourth-order valence-corrected chi connectivity index (χ4v) is 2.02. The number of halogens is 1. The predicted molar refractivity (Wildman–Crippen MR) is 86.7 cm³/mol. The van der Waals surface area contributed by atoms with Gasteiger partial charge >= 0.3 is 0 Å². The Labute approximate surface area is 132 Å². The third-order valence-corrected chi connectivity index (χ3v) is 3.19. The van der Waals surface area contributed by atoms with Crippen LogP contribution in [0.3, 0.4) is 0 Å². The molecule has 1 aromatic heterocycles. The van der Waals surface area contributed by atoms with Gasteiger partial charge in [0.1, 0.15) is 5.69 Å². The summed E-state index contributed by atoms with van der Waals surface area (Å²) in [5.74, 6) is 0.156. The van der Waals surface area contributed by atoms with Crippen LogP contribution in [0.25, 0.3) is 0 Å². The smallest absolute Gasteiger partial charge is 0.270 e. The van der Waals surface area contributed by atoms with Crippen molar-refractivity contribution in [3.05, 3.63) is 46.7 Å². The Morgan fingerprint density at radius 3 is 2.57 bits per heavy atom. The summed E-state index contributed by atoms with van der Waals surface area (Å²) < 4.78 is 0.901. The fraction of sp³-hybridized carbons (Fsp3) is 0.267. The summed E-state index contributed by atoms with van der Waals surface area (Å²) in [5, 5.41) is 5.95. The molecule has 21 heavy (non-hydrogen) atoms. The van der Waals surface area contributed by atoms with Crippen molar-refractivity contribution < 1.29 is 4.79 Å². The number of aromatic nitrogens is 2. The number of carbonyl (C=O) groups excluding carboxylic acids is 1. The van der Waals surface area contributed by atoms with Crippen LogP contribution in [0.1, 0.15) is 31.3 Å². The van der Waals surface area contributed by atoms with E-state index in [4.69, 9.17) is 0 Å². The van der Waals surface area contributed by atoms with Gasteiger partial charge in [-0.3, -0.25) is 4.79 Å². The van der Waals surface area contributed by atoms with Crippen molar-refractivity contribution >= 4 is 33.5 Å². The van der Waals surface area contributed by atoms with Crippen LogP contribution in [0, 0.1) is 0 Å². The maximum atomic E-state index is 12.1. The summed E-state index contributed by atoms with van der Waals surface area (Å²) in [5.41, 5.74) is 0.860. The van der Waals surface area contributed by atoms with E-state index in [-0.39, 0.29) is 11.4 Å². The topological polar surface area (TPSA) is 66.9 Å². The number of carbonyl (C=O) groups is 1. The van der Waals surface area contributed by atoms with E-state index in [1.54, 1.807) is 12.3 Å². The lowest BCUT2D eigenvalue weighted by atomic mass is 10.1. The van der Waals surface area contributed by atoms with Gasteiger partial charge in [0.2, 0.25) is 5.95 Å². The minimum atomic E-state index is -0.307. The van der Waals surface area contributed by atoms with Gasteiger partial charge in [-0.1, -0.05) is 12.1 Å². The molecule has 2 rings (SSSR count). The van der Waals surface area contributed by atoms with Crippen molar-refractivity contribution in [2.45, 2.75) is 26.3 Å². The third kappa shape index (κ3) is 4.53. The first-order chi connectivity index (χ1) is 9.85. The van der Waals surface area contributed by atoms with Crippen LogP contribution >= 0.6 is 15.9 Å². The molecule has 5 nitrogen and oxygen atoms in total. The molecule has 0 spiro atoms. The maximum absolute atomic E-state index is 12.1. The molecule has 0 aliphatic rings. The fourth-order valence-electron chi connectivity index (χ4n) is 1.63. The van der Waals surface area contributed by atoms with E-state index in [1.807, 2.05) is 45.0 Å². The summed E-state index contributed by atoms with van der Waals surface area (Å²) in [6.45, 7) is 5.77. The SMILES string of the molecule is CC(C)(C)NC(=O)c1ccnc(Nc2ccccc2Br)n1. The van der Waals surface area contributed by atoms with Crippen LogP contribution in [-0.2, 0) is 0 Å². The Morgan fingerprint density at radius 2 is 1.90 bits per heavy atom. The average Bonchev–Trinajstić information content (AvgIpc) is 2.40. The Hall–Kier alpha value is -1.95. The van der Waals surface area contributed by atoms with Crippen molar-refractivity contribution in [3.8, 4) is 0 Å². The summed E-state index contributed by atoms with van der Waals surface area (Å²) in [4.78, 5) is 20.5. The van der Waals surface area contributed by atoms with E-state index in [0.29, 0.717) is 11.6 Å². The molecule has 0 aliphatic carbocycles. The van der Waals surface area contributed by atoms with E-state index < -0.39 is 0 Å². The summed E-state index contributed by atoms with van der Waals surface area (Å²) in [6.07, 6.45) is 1.56. The standard InChI is InChI=1S/C15H17BrN4O/c1-15(2,3)20-13(21)12-8-9-17-14(19-12)18-11-7-5-4-6-10(11)16/h4-9H,1-3H3,(H,20,21)(H,17,18,19). The first-order valence-electron chi connectivity index (χ1n) is 6.52. The molecule has 0 saturated heterocycles. The molecule has 0 bridgehead atoms. The van der Waals surface area contributed by atoms with E-state index in [9.17, 15) is 4.79 Å². The maximum Gasteiger partial charge on any atom is 0.270 e. The molecule has 0 radical (unpaired) electrons. The van der Waals surface area contributed by atoms with E-state index in [2.05, 4.69) is 36.5 Å². The van der Waals surface area contributed by atoms with Crippen molar-refractivity contribution in [2.24, 2.45) is 0 Å². The highest BCUT2D eigenvalue weighted by Gasteiger charge is 2.16. The summed E-state index contributed by atoms with van der Waals surface area (Å²) in [7, 11) is 0. The number of amides is 1. The number of hydrogen-bond acceptors (Lipinski definition) is 4. The van der Waals surface area contributed by atoms with E-state index in [1.165, 1.54) is 0 Å². The Balaban J connectivity index is 2.18. The zero-order valence-electron chi connectivity index (χ0n) is 12.1. The number of para-hydroxylation sites is 1. The largest absolute Gasteiger partial charge is 0.346 e. The molecule has 1 heterocycles. The van der Waals surface area contributed by atoms with Crippen molar-refractivity contribution in [3.63, 3.8) is 0 Å². The van der Waals surface area contributed by atoms with Gasteiger partial charge in [-0.15, -0.1) is 0 Å². The lowest BCUT2D eigenvalue weighted by Gasteiger charge is -2.20. The van der Waals surface area contributed by atoms with Gasteiger partial charge in [-0.25, -0.2) is 9.97 Å². The lowest BCUT2D eigenvalue weighted by Crippen LogP contribution is -2.41. The highest BCUT2D eigenvalue weighted by Crippen LogP contribution is 2.23. The number of rotatable bonds is 3. The first-order valence-corrected chi connectivity index (χ1v) is 7.31. The van der Waals surface area contributed by atoms with Crippen LogP contribution in [-0.4, -0.2) is 21.4 Å². The van der Waals surface area contributed by atoms with Crippen LogP contribution in [0.5, 0.6) is 0 Å². The summed E-state index contributed by atoms with van der Waals surface area (Å²) >= 11 is 3.44. The zero-order valence-corrected chi connectivity index (χ0v) is 13.7. The molecule has 0 unspecified atom stereocenters. The number of nitrogens with zero attached hydrogens (tertiary/aromatic N) is 2. The van der Waals surface area contributed by atoms with Crippen molar-refractivity contribution in [1.29, 1.82) is 0 Å². The van der Waals surface area contributed by atoms with Crippen LogP contribution in [0.2, 0.25) is 0 Å². The van der Waals surface area contributed by atoms with E-state index >= 15 is 0 Å². The second-order valence-corrected chi connectivity index (χ2v) is 6.43. The third-order valence-electron chi connectivity index (χ3n) is 2.50. The second-order valence-electron chi connectivity index (χ2n) is 5.57. The van der Waals surface area contributed by atoms with Crippen LogP contribution in [0.15, 0.2) is 41.0 Å². The van der Waals surface area contributed by atoms with Crippen molar-refractivity contribution in [2.75, 3.05) is 5.32 Å². The number of benzene rings is 1. The quantitative estimate of drug-likeness (QED) is 0.890. The molecule has 1 amide bonds.